The second-order valence-electron chi connectivity index (χ2n) is 11.0. The van der Waals surface area contributed by atoms with E-state index in [0.29, 0.717) is 19.8 Å². The zero-order valence-corrected chi connectivity index (χ0v) is 22.5. The molecule has 2 aliphatic rings. The van der Waals surface area contributed by atoms with Gasteiger partial charge in [0.25, 0.3) is 5.91 Å². The highest BCUT2D eigenvalue weighted by Gasteiger charge is 2.47. The van der Waals surface area contributed by atoms with Crippen molar-refractivity contribution in [2.45, 2.75) is 103 Å². The fourth-order valence-corrected chi connectivity index (χ4v) is 4.10. The van der Waals surface area contributed by atoms with E-state index in [1.807, 2.05) is 0 Å². The molecule has 1 saturated carbocycles. The summed E-state index contributed by atoms with van der Waals surface area (Å²) in [6, 6.07) is -4.58. The molecule has 0 unspecified atom stereocenters. The number of alkyl carbamates (subject to hydrolysis) is 1. The first kappa shape index (κ1) is 32.2. The van der Waals surface area contributed by atoms with Gasteiger partial charge in [-0.3, -0.25) is 19.2 Å². The molecule has 1 saturated heterocycles. The van der Waals surface area contributed by atoms with E-state index in [1.54, 1.807) is 20.8 Å². The number of carbonyl (C=O) groups excluding carboxylic acids is 5. The molecule has 1 aliphatic heterocycles. The van der Waals surface area contributed by atoms with Gasteiger partial charge in [-0.05, 0) is 31.6 Å². The van der Waals surface area contributed by atoms with Crippen LogP contribution in [0.5, 0.6) is 0 Å². The van der Waals surface area contributed by atoms with Gasteiger partial charge in [-0.15, -0.1) is 0 Å². The zero-order valence-electron chi connectivity index (χ0n) is 22.5. The lowest BCUT2D eigenvalue weighted by Crippen LogP contribution is -2.59. The topological polar surface area (TPSA) is 143 Å². The Balaban J connectivity index is 2.31. The summed E-state index contributed by atoms with van der Waals surface area (Å²) in [5, 5.41) is 7.07. The minimum Gasteiger partial charge on any atom is -0.453 e. The van der Waals surface area contributed by atoms with Gasteiger partial charge in [0, 0.05) is 25.4 Å². The molecule has 15 heteroatoms. The molecule has 2 fully saturated rings. The first-order chi connectivity index (χ1) is 17.9. The van der Waals surface area contributed by atoms with Crippen LogP contribution in [0.3, 0.4) is 0 Å². The number of halogens is 4. The van der Waals surface area contributed by atoms with Crippen LogP contribution >= 0.6 is 0 Å². The van der Waals surface area contributed by atoms with E-state index < -0.39 is 97.6 Å². The number of alkyl halides is 4. The Hall–Kier alpha value is -2.97. The Morgan fingerprint density at radius 2 is 1.64 bits per heavy atom. The monoisotopic (exact) mass is 568 g/mol. The van der Waals surface area contributed by atoms with Crippen molar-refractivity contribution in [2.24, 2.45) is 5.41 Å². The highest BCUT2D eigenvalue weighted by Crippen LogP contribution is 2.29. The van der Waals surface area contributed by atoms with Gasteiger partial charge < -0.3 is 30.3 Å². The molecule has 4 atom stereocenters. The zero-order chi connectivity index (χ0) is 29.7. The number of amides is 4. The Labute approximate surface area is 223 Å². The number of carbonyl (C=O) groups is 5. The van der Waals surface area contributed by atoms with Crippen LogP contribution in [-0.4, -0.2) is 91.0 Å². The number of ether oxygens (including phenoxy) is 2. The summed E-state index contributed by atoms with van der Waals surface area (Å²) in [4.78, 5) is 64.7. The highest BCUT2D eigenvalue weighted by molar-refractivity contribution is 6.38. The largest absolute Gasteiger partial charge is 0.453 e. The van der Waals surface area contributed by atoms with Crippen molar-refractivity contribution in [3.63, 3.8) is 0 Å². The fraction of sp³-hybridized carbons (Fsp3) is 0.792. The van der Waals surface area contributed by atoms with Crippen molar-refractivity contribution in [3.05, 3.63) is 0 Å². The maximum absolute atomic E-state index is 13.6. The van der Waals surface area contributed by atoms with Gasteiger partial charge in [0.2, 0.25) is 23.5 Å². The summed E-state index contributed by atoms with van der Waals surface area (Å²) in [7, 11) is 1.08. The molecule has 4 amide bonds. The lowest BCUT2D eigenvalue weighted by atomic mass is 9.85. The number of nitrogens with one attached hydrogen (secondary N) is 3. The Bertz CT molecular complexity index is 934. The molecular formula is C24H36F4N4O7. The van der Waals surface area contributed by atoms with Crippen LogP contribution in [0.15, 0.2) is 0 Å². The molecule has 1 aliphatic carbocycles. The van der Waals surface area contributed by atoms with Crippen LogP contribution in [-0.2, 0) is 28.7 Å². The lowest BCUT2D eigenvalue weighted by Gasteiger charge is -2.35. The smallest absolute Gasteiger partial charge is 0.407 e. The number of rotatable bonds is 12. The third kappa shape index (κ3) is 9.93. The van der Waals surface area contributed by atoms with E-state index in [0.717, 1.165) is 12.0 Å². The normalized spacial score (nSPS) is 21.2. The van der Waals surface area contributed by atoms with Crippen molar-refractivity contribution in [1.29, 1.82) is 0 Å². The molecule has 39 heavy (non-hydrogen) atoms. The summed E-state index contributed by atoms with van der Waals surface area (Å²) < 4.78 is 62.2. The number of nitrogens with zero attached hydrogens (tertiary/aromatic N) is 1. The van der Waals surface area contributed by atoms with E-state index >= 15 is 0 Å². The first-order valence-electron chi connectivity index (χ1n) is 12.5. The lowest BCUT2D eigenvalue weighted by molar-refractivity contribution is -0.160. The van der Waals surface area contributed by atoms with E-state index in [9.17, 15) is 41.5 Å². The van der Waals surface area contributed by atoms with Crippen molar-refractivity contribution in [3.8, 4) is 0 Å². The van der Waals surface area contributed by atoms with E-state index in [4.69, 9.17) is 0 Å². The van der Waals surface area contributed by atoms with Crippen molar-refractivity contribution in [1.82, 2.24) is 20.9 Å². The average Bonchev–Trinajstić information content (AvgIpc) is 3.53. The second-order valence-corrected chi connectivity index (χ2v) is 11.0. The average molecular weight is 569 g/mol. The highest BCUT2D eigenvalue weighted by atomic mass is 19.3. The minimum absolute atomic E-state index is 0.211. The van der Waals surface area contributed by atoms with Gasteiger partial charge in [-0.25, -0.2) is 13.6 Å². The first-order valence-corrected chi connectivity index (χ1v) is 12.5. The van der Waals surface area contributed by atoms with Crippen LogP contribution in [0.4, 0.5) is 22.4 Å². The third-order valence-electron chi connectivity index (χ3n) is 6.35. The molecule has 0 radical (unpaired) electrons. The predicted octanol–water partition coefficient (Wildman–Crippen LogP) is 1.73. The van der Waals surface area contributed by atoms with Crippen LogP contribution in [0.2, 0.25) is 0 Å². The number of methoxy groups -OCH3 is 1. The van der Waals surface area contributed by atoms with Gasteiger partial charge in [0.05, 0.1) is 19.3 Å². The number of Topliss-reactive ketones (excluding diaryl/α,β-unsaturated/α-hetero) is 1. The third-order valence-corrected chi connectivity index (χ3v) is 6.35. The van der Waals surface area contributed by atoms with Crippen LogP contribution < -0.4 is 16.0 Å². The van der Waals surface area contributed by atoms with Crippen molar-refractivity contribution >= 4 is 29.6 Å². The Morgan fingerprint density at radius 3 is 2.13 bits per heavy atom. The molecule has 0 aromatic heterocycles. The molecule has 0 aromatic carbocycles. The van der Waals surface area contributed by atoms with Gasteiger partial charge in [-0.2, -0.15) is 8.78 Å². The summed E-state index contributed by atoms with van der Waals surface area (Å²) >= 11 is 0. The summed E-state index contributed by atoms with van der Waals surface area (Å²) in [5.41, 5.74) is -0.917. The molecule has 222 valence electrons. The van der Waals surface area contributed by atoms with E-state index in [1.165, 1.54) is 0 Å². The van der Waals surface area contributed by atoms with Gasteiger partial charge >= 0.3 is 12.7 Å². The molecule has 11 nitrogen and oxygen atoms in total. The van der Waals surface area contributed by atoms with E-state index in [2.05, 4.69) is 25.4 Å². The standard InChI is InChI=1S/C24H36F4N4O7/c1-23(2,3)17(31-22(37)38-5)20(36)32-11-13(39-21(25)26)10-15(32)18(34)30-14(8-9-24(4,27)28)16(33)19(35)29-12-6-7-12/h12-15,17,21H,6-11H2,1-5H3,(H,29,35)(H,30,34)(H,31,37)/t13-,14+,15+,17-/m1/s1. The maximum Gasteiger partial charge on any atom is 0.407 e. The maximum atomic E-state index is 13.6. The number of hydrogen-bond acceptors (Lipinski definition) is 7. The van der Waals surface area contributed by atoms with E-state index in [-0.39, 0.29) is 6.04 Å². The van der Waals surface area contributed by atoms with Gasteiger partial charge in [0.15, 0.2) is 0 Å². The summed E-state index contributed by atoms with van der Waals surface area (Å²) in [5.74, 6) is -7.23. The molecular weight excluding hydrogens is 532 g/mol. The Kier molecular flexibility index (Phi) is 10.7. The molecule has 3 N–H and O–H groups in total. The number of hydrogen-bond donors (Lipinski definition) is 3. The number of likely N-dealkylation sites (tertiary alicyclic amines) is 1. The molecule has 0 aromatic rings. The minimum atomic E-state index is -3.22. The van der Waals surface area contributed by atoms with Crippen LogP contribution in [0.25, 0.3) is 0 Å². The molecule has 0 spiro atoms. The van der Waals surface area contributed by atoms with Crippen molar-refractivity contribution in [2.75, 3.05) is 13.7 Å². The van der Waals surface area contributed by atoms with Crippen LogP contribution in [0, 0.1) is 5.41 Å². The second kappa shape index (κ2) is 12.9. The van der Waals surface area contributed by atoms with Crippen molar-refractivity contribution < 1.29 is 51.0 Å². The quantitative estimate of drug-likeness (QED) is 0.240. The molecule has 0 bridgehead atoms. The number of ketones is 1. The van der Waals surface area contributed by atoms with Crippen LogP contribution in [0.1, 0.15) is 59.8 Å². The summed E-state index contributed by atoms with van der Waals surface area (Å²) in [6.45, 7) is 1.79. The summed E-state index contributed by atoms with van der Waals surface area (Å²) in [6.07, 6.45) is -2.74. The fourth-order valence-electron chi connectivity index (χ4n) is 4.10. The molecule has 1 heterocycles. The van der Waals surface area contributed by atoms with Gasteiger partial charge in [-0.1, -0.05) is 20.8 Å². The van der Waals surface area contributed by atoms with Gasteiger partial charge in [0.1, 0.15) is 12.1 Å². The molecule has 2 rings (SSSR count). The Morgan fingerprint density at radius 1 is 1.03 bits per heavy atom. The SMILES string of the molecule is COC(=O)N[C@H](C(=O)N1C[C@H](OC(F)F)C[C@H]1C(=O)N[C@@H](CCC(C)(F)F)C(=O)C(=O)NC1CC1)C(C)(C)C. The predicted molar refractivity (Wildman–Crippen MR) is 128 cm³/mol.